The fourth-order valence-electron chi connectivity index (χ4n) is 0.671. The zero-order chi connectivity index (χ0) is 11.5. The zero-order valence-electron chi connectivity index (χ0n) is 6.91. The predicted molar refractivity (Wildman–Crippen MR) is 43.5 cm³/mol. The van der Waals surface area contributed by atoms with Crippen molar-refractivity contribution in [3.05, 3.63) is 0 Å². The molecule has 0 fully saturated rings. The van der Waals surface area contributed by atoms with Crippen LogP contribution < -0.4 is 0 Å². The van der Waals surface area contributed by atoms with Gasteiger partial charge in [-0.3, -0.25) is 0 Å². The van der Waals surface area contributed by atoms with Crippen LogP contribution in [-0.2, 0) is 4.79 Å². The third-order valence-electron chi connectivity index (χ3n) is 1.60. The SMILES string of the molecule is O=C(O)[C@](O)(Cl)[C@H](O)[C@@H](O)[C@H](O)CO. The summed E-state index contributed by atoms with van der Waals surface area (Å²) in [5, 5.41) is 49.4. The van der Waals surface area contributed by atoms with Gasteiger partial charge in [-0.2, -0.15) is 0 Å². The number of alkyl halides is 1. The summed E-state index contributed by atoms with van der Waals surface area (Å²) >= 11 is 4.97. The van der Waals surface area contributed by atoms with Crippen LogP contribution >= 0.6 is 11.6 Å². The minimum atomic E-state index is -3.12. The van der Waals surface area contributed by atoms with E-state index in [9.17, 15) is 4.79 Å². The molecular formula is C6H11ClO7. The summed E-state index contributed by atoms with van der Waals surface area (Å²) in [4.78, 5) is 10.3. The third-order valence-corrected chi connectivity index (χ3v) is 1.98. The molecular weight excluding hydrogens is 220 g/mol. The van der Waals surface area contributed by atoms with Gasteiger partial charge in [-0.15, -0.1) is 0 Å². The second-order valence-electron chi connectivity index (χ2n) is 2.66. The van der Waals surface area contributed by atoms with Crippen LogP contribution in [-0.4, -0.2) is 66.6 Å². The van der Waals surface area contributed by atoms with Crippen molar-refractivity contribution in [3.63, 3.8) is 0 Å². The van der Waals surface area contributed by atoms with Gasteiger partial charge in [0.2, 0.25) is 0 Å². The number of aliphatic hydroxyl groups is 5. The highest BCUT2D eigenvalue weighted by molar-refractivity contribution is 6.32. The van der Waals surface area contributed by atoms with Gasteiger partial charge in [0, 0.05) is 0 Å². The van der Waals surface area contributed by atoms with Gasteiger partial charge in [0.05, 0.1) is 6.61 Å². The van der Waals surface area contributed by atoms with Crippen molar-refractivity contribution in [2.75, 3.05) is 6.61 Å². The summed E-state index contributed by atoms with van der Waals surface area (Å²) in [6.45, 7) is -0.912. The molecule has 7 nitrogen and oxygen atoms in total. The smallest absolute Gasteiger partial charge is 0.354 e. The van der Waals surface area contributed by atoms with Crippen LogP contribution in [0.2, 0.25) is 0 Å². The molecule has 0 aliphatic heterocycles. The van der Waals surface area contributed by atoms with Gasteiger partial charge in [-0.05, 0) is 0 Å². The Morgan fingerprint density at radius 3 is 2.07 bits per heavy atom. The first kappa shape index (κ1) is 13.6. The van der Waals surface area contributed by atoms with Crippen LogP contribution in [0.5, 0.6) is 0 Å². The number of halogens is 1. The summed E-state index contributed by atoms with van der Waals surface area (Å²) in [5.41, 5.74) is 0. The van der Waals surface area contributed by atoms with Crippen molar-refractivity contribution in [2.45, 2.75) is 23.4 Å². The van der Waals surface area contributed by atoms with Gasteiger partial charge in [-0.25, -0.2) is 4.79 Å². The van der Waals surface area contributed by atoms with Crippen LogP contribution in [0.3, 0.4) is 0 Å². The Hall–Kier alpha value is -0.440. The Balaban J connectivity index is 4.60. The van der Waals surface area contributed by atoms with Crippen LogP contribution in [0, 0.1) is 0 Å². The molecule has 0 aliphatic carbocycles. The van der Waals surface area contributed by atoms with Crippen molar-refractivity contribution < 1.29 is 35.4 Å². The molecule has 0 unspecified atom stereocenters. The second kappa shape index (κ2) is 4.87. The lowest BCUT2D eigenvalue weighted by molar-refractivity contribution is -0.172. The van der Waals surface area contributed by atoms with Gasteiger partial charge < -0.3 is 30.6 Å². The maximum atomic E-state index is 10.3. The number of carboxylic acid groups (broad SMARTS) is 1. The number of aliphatic carboxylic acids is 1. The number of hydrogen-bond donors (Lipinski definition) is 6. The first-order valence-corrected chi connectivity index (χ1v) is 3.92. The molecule has 0 aliphatic rings. The normalized spacial score (nSPS) is 22.1. The molecule has 0 rings (SSSR count). The maximum Gasteiger partial charge on any atom is 0.354 e. The minimum Gasteiger partial charge on any atom is -0.478 e. The molecule has 0 amide bonds. The van der Waals surface area contributed by atoms with Gasteiger partial charge >= 0.3 is 5.97 Å². The summed E-state index contributed by atoms with van der Waals surface area (Å²) in [5.74, 6) is -1.98. The standard InChI is InChI=1S/C6H11ClO7/c7-6(14,5(12)13)4(11)3(10)2(9)1-8/h2-4,8-11,14H,1H2,(H,12,13)/t2-,3+,4-,6+/m1/s1. The maximum absolute atomic E-state index is 10.3. The Bertz CT molecular complexity index is 206. The second-order valence-corrected chi connectivity index (χ2v) is 3.24. The van der Waals surface area contributed by atoms with Crippen molar-refractivity contribution in [3.8, 4) is 0 Å². The van der Waals surface area contributed by atoms with E-state index in [-0.39, 0.29) is 0 Å². The van der Waals surface area contributed by atoms with E-state index in [2.05, 4.69) is 0 Å². The lowest BCUT2D eigenvalue weighted by Gasteiger charge is -2.28. The predicted octanol–water partition coefficient (Wildman–Crippen LogP) is -2.93. The van der Waals surface area contributed by atoms with E-state index < -0.39 is 35.9 Å². The highest BCUT2D eigenvalue weighted by Gasteiger charge is 2.47. The van der Waals surface area contributed by atoms with Gasteiger partial charge in [0.1, 0.15) is 18.3 Å². The molecule has 0 aromatic rings. The fourth-order valence-corrected chi connectivity index (χ4v) is 0.800. The molecule has 0 radical (unpaired) electrons. The first-order valence-electron chi connectivity index (χ1n) is 3.54. The van der Waals surface area contributed by atoms with Gasteiger partial charge in [0.15, 0.2) is 0 Å². The van der Waals surface area contributed by atoms with Gasteiger partial charge in [-0.1, -0.05) is 11.6 Å². The van der Waals surface area contributed by atoms with Crippen LogP contribution in [0.25, 0.3) is 0 Å². The molecule has 0 bridgehead atoms. The Morgan fingerprint density at radius 2 is 1.79 bits per heavy atom. The first-order chi connectivity index (χ1) is 6.25. The Kier molecular flexibility index (Phi) is 4.72. The molecule has 0 heterocycles. The van der Waals surface area contributed by atoms with Crippen LogP contribution in [0.1, 0.15) is 0 Å². The topological polar surface area (TPSA) is 138 Å². The number of carbonyl (C=O) groups is 1. The van der Waals surface area contributed by atoms with E-state index in [0.717, 1.165) is 0 Å². The van der Waals surface area contributed by atoms with E-state index in [1.54, 1.807) is 0 Å². The number of rotatable bonds is 5. The van der Waals surface area contributed by atoms with Crippen LogP contribution in [0.15, 0.2) is 0 Å². The van der Waals surface area contributed by atoms with Crippen LogP contribution in [0.4, 0.5) is 0 Å². The third kappa shape index (κ3) is 2.77. The minimum absolute atomic E-state index is 0.912. The molecule has 0 spiro atoms. The van der Waals surface area contributed by atoms with Crippen molar-refractivity contribution >= 4 is 17.6 Å². The van der Waals surface area contributed by atoms with Crippen molar-refractivity contribution in [1.29, 1.82) is 0 Å². The molecule has 8 heteroatoms. The monoisotopic (exact) mass is 230 g/mol. The Morgan fingerprint density at radius 1 is 1.36 bits per heavy atom. The average Bonchev–Trinajstić information content (AvgIpc) is 2.13. The lowest BCUT2D eigenvalue weighted by Crippen LogP contribution is -2.54. The van der Waals surface area contributed by atoms with E-state index in [4.69, 9.17) is 42.2 Å². The summed E-state index contributed by atoms with van der Waals surface area (Å²) in [6, 6.07) is 0. The van der Waals surface area contributed by atoms with E-state index in [0.29, 0.717) is 0 Å². The van der Waals surface area contributed by atoms with E-state index in [1.807, 2.05) is 0 Å². The summed E-state index contributed by atoms with van der Waals surface area (Å²) < 4.78 is 0. The largest absolute Gasteiger partial charge is 0.478 e. The highest BCUT2D eigenvalue weighted by atomic mass is 35.5. The summed E-state index contributed by atoms with van der Waals surface area (Å²) in [7, 11) is 0. The molecule has 6 N–H and O–H groups in total. The molecule has 4 atom stereocenters. The highest BCUT2D eigenvalue weighted by Crippen LogP contribution is 2.20. The van der Waals surface area contributed by atoms with Crippen molar-refractivity contribution in [2.24, 2.45) is 0 Å². The molecule has 84 valence electrons. The Labute approximate surface area is 83.8 Å². The lowest BCUT2D eigenvalue weighted by atomic mass is 10.0. The quantitative estimate of drug-likeness (QED) is 0.278. The van der Waals surface area contributed by atoms with Gasteiger partial charge in [0.25, 0.3) is 5.06 Å². The molecule has 0 saturated heterocycles. The average molecular weight is 231 g/mol. The molecule has 0 aromatic carbocycles. The molecule has 0 aromatic heterocycles. The van der Waals surface area contributed by atoms with E-state index in [1.165, 1.54) is 0 Å². The number of aliphatic hydroxyl groups excluding tert-OH is 4. The molecule has 14 heavy (non-hydrogen) atoms. The number of hydrogen-bond acceptors (Lipinski definition) is 6. The molecule has 0 saturated carbocycles. The van der Waals surface area contributed by atoms with Crippen molar-refractivity contribution in [1.82, 2.24) is 0 Å². The summed E-state index contributed by atoms with van der Waals surface area (Å²) in [6.07, 6.45) is -6.20. The van der Waals surface area contributed by atoms with E-state index >= 15 is 0 Å². The zero-order valence-corrected chi connectivity index (χ0v) is 7.66. The number of carboxylic acids is 1. The fraction of sp³-hybridized carbons (Fsp3) is 0.833.